The molecule has 0 bridgehead atoms. The molecule has 1 atom stereocenters. The van der Waals surface area contributed by atoms with E-state index in [1.807, 2.05) is 20.8 Å². The number of hydrogen-bond donors (Lipinski definition) is 1. The minimum absolute atomic E-state index is 0.0923. The molecule has 0 spiro atoms. The quantitative estimate of drug-likeness (QED) is 0.537. The van der Waals surface area contributed by atoms with Crippen molar-refractivity contribution in [2.24, 2.45) is 0 Å². The van der Waals surface area contributed by atoms with Crippen molar-refractivity contribution in [2.45, 2.75) is 32.5 Å². The summed E-state index contributed by atoms with van der Waals surface area (Å²) in [5.41, 5.74) is -0.534. The average molecular weight is 261 g/mol. The van der Waals surface area contributed by atoms with Gasteiger partial charge < -0.3 is 24.2 Å². The molecule has 1 heterocycles. The molecule has 1 aliphatic heterocycles. The summed E-state index contributed by atoms with van der Waals surface area (Å²) < 4.78 is 15.6. The van der Waals surface area contributed by atoms with Crippen LogP contribution in [0.25, 0.3) is 0 Å². The van der Waals surface area contributed by atoms with E-state index in [0.29, 0.717) is 19.8 Å². The Hall–Kier alpha value is -0.850. The third-order valence-corrected chi connectivity index (χ3v) is 2.23. The Bertz CT molecular complexity index is 260. The largest absolute Gasteiger partial charge is 0.444 e. The van der Waals surface area contributed by atoms with Crippen LogP contribution in [0.4, 0.5) is 4.79 Å². The molecule has 1 rings (SSSR count). The van der Waals surface area contributed by atoms with Crippen LogP contribution in [0.3, 0.4) is 0 Å². The van der Waals surface area contributed by atoms with Crippen molar-refractivity contribution in [1.29, 1.82) is 0 Å². The van der Waals surface area contributed by atoms with Crippen molar-refractivity contribution in [3.05, 3.63) is 0 Å². The van der Waals surface area contributed by atoms with E-state index < -0.39 is 11.7 Å². The Morgan fingerprint density at radius 2 is 2.11 bits per heavy atom. The standard InChI is InChI=1S/C12H23NO5/c1-12(2,3)18-11(15)13(4-6-14)5-7-16-8-10-9-17-10/h10,14H,4-9H2,1-3H3. The topological polar surface area (TPSA) is 71.5 Å². The molecule has 0 aromatic heterocycles. The second-order valence-electron chi connectivity index (χ2n) is 5.22. The fraction of sp³-hybridized carbons (Fsp3) is 0.917. The normalized spacial score (nSPS) is 18.6. The summed E-state index contributed by atoms with van der Waals surface area (Å²) >= 11 is 0. The van der Waals surface area contributed by atoms with E-state index in [9.17, 15) is 4.79 Å². The molecule has 0 aromatic carbocycles. The highest BCUT2D eigenvalue weighted by molar-refractivity contribution is 5.68. The molecule has 0 aromatic rings. The van der Waals surface area contributed by atoms with Crippen LogP contribution >= 0.6 is 0 Å². The molecule has 1 unspecified atom stereocenters. The Morgan fingerprint density at radius 3 is 2.61 bits per heavy atom. The Labute approximate surface area is 108 Å². The van der Waals surface area contributed by atoms with Gasteiger partial charge in [0.2, 0.25) is 0 Å². The van der Waals surface area contributed by atoms with Gasteiger partial charge in [0.1, 0.15) is 11.7 Å². The molecule has 0 aliphatic carbocycles. The third-order valence-electron chi connectivity index (χ3n) is 2.23. The van der Waals surface area contributed by atoms with Gasteiger partial charge in [-0.1, -0.05) is 0 Å². The van der Waals surface area contributed by atoms with Crippen LogP contribution in [0.1, 0.15) is 20.8 Å². The SMILES string of the molecule is CC(C)(C)OC(=O)N(CCO)CCOCC1CO1. The summed E-state index contributed by atoms with van der Waals surface area (Å²) in [5.74, 6) is 0. The van der Waals surface area contributed by atoms with Crippen molar-refractivity contribution < 1.29 is 24.1 Å². The van der Waals surface area contributed by atoms with Crippen molar-refractivity contribution in [1.82, 2.24) is 4.90 Å². The zero-order chi connectivity index (χ0) is 13.6. The maximum Gasteiger partial charge on any atom is 0.410 e. The lowest BCUT2D eigenvalue weighted by atomic mass is 10.2. The second kappa shape index (κ2) is 6.92. The maximum absolute atomic E-state index is 11.8. The highest BCUT2D eigenvalue weighted by Crippen LogP contribution is 2.10. The molecule has 1 fully saturated rings. The summed E-state index contributed by atoms with van der Waals surface area (Å²) in [6, 6.07) is 0. The number of epoxide rings is 1. The second-order valence-corrected chi connectivity index (χ2v) is 5.22. The molecular formula is C12H23NO5. The highest BCUT2D eigenvalue weighted by atomic mass is 16.6. The van der Waals surface area contributed by atoms with Crippen molar-refractivity contribution in [3.8, 4) is 0 Å². The van der Waals surface area contributed by atoms with Gasteiger partial charge in [-0.2, -0.15) is 0 Å². The van der Waals surface area contributed by atoms with E-state index in [4.69, 9.17) is 19.3 Å². The average Bonchev–Trinajstić information content (AvgIpc) is 3.03. The lowest BCUT2D eigenvalue weighted by molar-refractivity contribution is 0.0135. The van der Waals surface area contributed by atoms with Crippen LogP contribution in [0.2, 0.25) is 0 Å². The molecule has 6 nitrogen and oxygen atoms in total. The first-order valence-electron chi connectivity index (χ1n) is 6.20. The van der Waals surface area contributed by atoms with E-state index in [0.717, 1.165) is 6.61 Å². The van der Waals surface area contributed by atoms with Gasteiger partial charge in [-0.3, -0.25) is 0 Å². The van der Waals surface area contributed by atoms with Crippen molar-refractivity contribution in [2.75, 3.05) is 39.5 Å². The van der Waals surface area contributed by atoms with Crippen LogP contribution in [-0.4, -0.2) is 67.3 Å². The van der Waals surface area contributed by atoms with Crippen LogP contribution < -0.4 is 0 Å². The maximum atomic E-state index is 11.8. The van der Waals surface area contributed by atoms with Crippen molar-refractivity contribution in [3.63, 3.8) is 0 Å². The van der Waals surface area contributed by atoms with Crippen LogP contribution in [0.15, 0.2) is 0 Å². The molecule has 0 saturated carbocycles. The first kappa shape index (κ1) is 15.2. The number of aliphatic hydroxyl groups is 1. The summed E-state index contributed by atoms with van der Waals surface area (Å²) in [7, 11) is 0. The number of ether oxygens (including phenoxy) is 3. The zero-order valence-electron chi connectivity index (χ0n) is 11.3. The van der Waals surface area contributed by atoms with Gasteiger partial charge in [-0.25, -0.2) is 4.79 Å². The summed E-state index contributed by atoms with van der Waals surface area (Å²) in [4.78, 5) is 13.2. The first-order chi connectivity index (χ1) is 8.42. The zero-order valence-corrected chi connectivity index (χ0v) is 11.3. The van der Waals surface area contributed by atoms with Crippen LogP contribution in [0, 0.1) is 0 Å². The van der Waals surface area contributed by atoms with Gasteiger partial charge in [0.15, 0.2) is 0 Å². The first-order valence-corrected chi connectivity index (χ1v) is 6.20. The third kappa shape index (κ3) is 6.78. The van der Waals surface area contributed by atoms with Gasteiger partial charge in [-0.15, -0.1) is 0 Å². The number of amides is 1. The molecule has 18 heavy (non-hydrogen) atoms. The lowest BCUT2D eigenvalue weighted by Crippen LogP contribution is -2.40. The van der Waals surface area contributed by atoms with Crippen LogP contribution in [-0.2, 0) is 14.2 Å². The minimum atomic E-state index is -0.534. The molecule has 6 heteroatoms. The Morgan fingerprint density at radius 1 is 1.44 bits per heavy atom. The fourth-order valence-electron chi connectivity index (χ4n) is 1.30. The molecule has 1 aliphatic rings. The predicted octanol–water partition coefficient (Wildman–Crippen LogP) is 0.631. The number of carbonyl (C=O) groups is 1. The smallest absolute Gasteiger partial charge is 0.410 e. The van der Waals surface area contributed by atoms with Gasteiger partial charge in [0.25, 0.3) is 0 Å². The minimum Gasteiger partial charge on any atom is -0.444 e. The lowest BCUT2D eigenvalue weighted by Gasteiger charge is -2.26. The summed E-state index contributed by atoms with van der Waals surface area (Å²) in [5, 5.41) is 8.93. The number of hydrogen-bond acceptors (Lipinski definition) is 5. The number of aliphatic hydroxyl groups excluding tert-OH is 1. The van der Waals surface area contributed by atoms with E-state index in [-0.39, 0.29) is 19.3 Å². The Balaban J connectivity index is 2.25. The fourth-order valence-corrected chi connectivity index (χ4v) is 1.30. The number of rotatable bonds is 7. The van der Waals surface area contributed by atoms with Gasteiger partial charge in [0.05, 0.1) is 26.4 Å². The molecule has 1 saturated heterocycles. The predicted molar refractivity (Wildman–Crippen MR) is 65.5 cm³/mol. The highest BCUT2D eigenvalue weighted by Gasteiger charge is 2.24. The van der Waals surface area contributed by atoms with E-state index in [2.05, 4.69) is 0 Å². The summed E-state index contributed by atoms with van der Waals surface area (Å²) in [6.07, 6.45) is -0.208. The Kier molecular flexibility index (Phi) is 5.84. The van der Waals surface area contributed by atoms with Gasteiger partial charge in [-0.05, 0) is 20.8 Å². The summed E-state index contributed by atoms with van der Waals surface area (Å²) in [6.45, 7) is 7.72. The van der Waals surface area contributed by atoms with Crippen molar-refractivity contribution >= 4 is 6.09 Å². The molecule has 106 valence electrons. The molecular weight excluding hydrogens is 238 g/mol. The van der Waals surface area contributed by atoms with Gasteiger partial charge in [0, 0.05) is 13.1 Å². The molecule has 1 N–H and O–H groups in total. The van der Waals surface area contributed by atoms with Crippen LogP contribution in [0.5, 0.6) is 0 Å². The van der Waals surface area contributed by atoms with E-state index >= 15 is 0 Å². The molecule has 0 radical (unpaired) electrons. The monoisotopic (exact) mass is 261 g/mol. The van der Waals surface area contributed by atoms with Gasteiger partial charge >= 0.3 is 6.09 Å². The number of carbonyl (C=O) groups excluding carboxylic acids is 1. The van der Waals surface area contributed by atoms with E-state index in [1.54, 1.807) is 0 Å². The number of nitrogens with zero attached hydrogens (tertiary/aromatic N) is 1. The molecule has 1 amide bonds. The van der Waals surface area contributed by atoms with E-state index in [1.165, 1.54) is 4.90 Å².